The van der Waals surface area contributed by atoms with Gasteiger partial charge in [0.1, 0.15) is 6.20 Å². The smallest absolute Gasteiger partial charge is 0.358 e. The molecule has 0 unspecified atom stereocenters. The summed E-state index contributed by atoms with van der Waals surface area (Å²) in [4.78, 5) is 21.2. The van der Waals surface area contributed by atoms with Crippen molar-refractivity contribution >= 4 is 27.9 Å². The van der Waals surface area contributed by atoms with Crippen LogP contribution in [-0.4, -0.2) is 21.4 Å². The molecular formula is C13H12N4O3S. The van der Waals surface area contributed by atoms with Crippen LogP contribution in [0.25, 0.3) is 4.96 Å². The number of hydrogen-bond donors (Lipinski definition) is 0. The topological polar surface area (TPSA) is 72.9 Å². The highest BCUT2D eigenvalue weighted by molar-refractivity contribution is 7.15. The monoisotopic (exact) mass is 304 g/mol. The van der Waals surface area contributed by atoms with Crippen LogP contribution in [0.5, 0.6) is 0 Å². The number of hydroxylamine groups is 1. The molecule has 1 aromatic carbocycles. The lowest BCUT2D eigenvalue weighted by molar-refractivity contribution is -0.389. The predicted molar refractivity (Wildman–Crippen MR) is 79.4 cm³/mol. The van der Waals surface area contributed by atoms with Gasteiger partial charge in [-0.2, -0.15) is 9.38 Å². The number of nitro groups is 1. The van der Waals surface area contributed by atoms with Gasteiger partial charge in [0, 0.05) is 12.4 Å². The van der Waals surface area contributed by atoms with Crippen LogP contribution >= 0.6 is 11.3 Å². The van der Waals surface area contributed by atoms with Crippen molar-refractivity contribution in [2.45, 2.75) is 6.61 Å². The van der Waals surface area contributed by atoms with E-state index >= 15 is 0 Å². The molecule has 108 valence electrons. The Bertz CT molecular complexity index is 768. The Balaban J connectivity index is 1.84. The number of anilines is 1. The first-order valence-corrected chi connectivity index (χ1v) is 7.05. The second kappa shape index (κ2) is 5.51. The molecule has 0 aliphatic heterocycles. The van der Waals surface area contributed by atoms with Gasteiger partial charge in [-0.05, 0) is 10.5 Å². The zero-order valence-corrected chi connectivity index (χ0v) is 12.0. The van der Waals surface area contributed by atoms with Gasteiger partial charge in [-0.3, -0.25) is 4.84 Å². The fourth-order valence-corrected chi connectivity index (χ4v) is 2.65. The van der Waals surface area contributed by atoms with E-state index < -0.39 is 4.92 Å². The Hall–Kier alpha value is -2.45. The van der Waals surface area contributed by atoms with E-state index in [2.05, 4.69) is 4.98 Å². The highest BCUT2D eigenvalue weighted by atomic mass is 32.1. The van der Waals surface area contributed by atoms with Gasteiger partial charge < -0.3 is 10.1 Å². The van der Waals surface area contributed by atoms with Crippen LogP contribution in [-0.2, 0) is 11.4 Å². The van der Waals surface area contributed by atoms with Gasteiger partial charge in [0.05, 0.1) is 6.61 Å². The molecule has 0 aliphatic rings. The van der Waals surface area contributed by atoms with Crippen LogP contribution < -0.4 is 5.06 Å². The van der Waals surface area contributed by atoms with E-state index in [1.54, 1.807) is 18.6 Å². The average molecular weight is 304 g/mol. The van der Waals surface area contributed by atoms with Gasteiger partial charge in [-0.15, -0.1) is 0 Å². The van der Waals surface area contributed by atoms with Crippen LogP contribution in [0.4, 0.5) is 11.6 Å². The standard InChI is InChI=1S/C13H12N4O3S/c1-15(20-9-10-5-3-2-4-6-10)11-12(17(18)19)16-7-8-21-13(16)14-11/h2-8H,9H2,1H3. The van der Waals surface area contributed by atoms with Gasteiger partial charge in [0.2, 0.25) is 0 Å². The lowest BCUT2D eigenvalue weighted by Gasteiger charge is -2.15. The molecule has 2 aromatic heterocycles. The fourth-order valence-electron chi connectivity index (χ4n) is 1.95. The summed E-state index contributed by atoms with van der Waals surface area (Å²) in [6.07, 6.45) is 1.62. The molecule has 0 fully saturated rings. The molecule has 0 amide bonds. The van der Waals surface area contributed by atoms with Crippen molar-refractivity contribution in [3.63, 3.8) is 0 Å². The number of benzene rings is 1. The Kier molecular flexibility index (Phi) is 3.55. The van der Waals surface area contributed by atoms with Gasteiger partial charge in [-0.25, -0.2) is 5.06 Å². The summed E-state index contributed by atoms with van der Waals surface area (Å²) in [6, 6.07) is 9.59. The molecule has 3 rings (SSSR count). The zero-order chi connectivity index (χ0) is 14.8. The third-order valence-corrected chi connectivity index (χ3v) is 3.71. The van der Waals surface area contributed by atoms with Gasteiger partial charge in [0.15, 0.2) is 0 Å². The van der Waals surface area contributed by atoms with E-state index in [0.717, 1.165) is 5.56 Å². The van der Waals surface area contributed by atoms with Crippen LogP contribution in [0, 0.1) is 10.1 Å². The maximum absolute atomic E-state index is 11.2. The van der Waals surface area contributed by atoms with Gasteiger partial charge in [-0.1, -0.05) is 41.7 Å². The highest BCUT2D eigenvalue weighted by Crippen LogP contribution is 2.30. The summed E-state index contributed by atoms with van der Waals surface area (Å²) in [5.41, 5.74) is 0.980. The SMILES string of the molecule is CN(OCc1ccccc1)c1nc2sccn2c1[N+](=O)[O-]. The largest absolute Gasteiger partial charge is 0.375 e. The van der Waals surface area contributed by atoms with Crippen molar-refractivity contribution in [3.8, 4) is 0 Å². The van der Waals surface area contributed by atoms with Crippen LogP contribution in [0.3, 0.4) is 0 Å². The Morgan fingerprint density at radius 3 is 2.90 bits per heavy atom. The van der Waals surface area contributed by atoms with Crippen molar-refractivity contribution in [2.24, 2.45) is 0 Å². The lowest BCUT2D eigenvalue weighted by Crippen LogP contribution is -2.19. The third kappa shape index (κ3) is 2.58. The lowest BCUT2D eigenvalue weighted by atomic mass is 10.2. The van der Waals surface area contributed by atoms with Crippen molar-refractivity contribution in [1.82, 2.24) is 9.38 Å². The molecule has 0 aliphatic carbocycles. The highest BCUT2D eigenvalue weighted by Gasteiger charge is 2.26. The minimum absolute atomic E-state index is 0.0955. The van der Waals surface area contributed by atoms with E-state index in [0.29, 0.717) is 11.6 Å². The number of hydrogen-bond acceptors (Lipinski definition) is 6. The van der Waals surface area contributed by atoms with Crippen molar-refractivity contribution in [2.75, 3.05) is 12.1 Å². The third-order valence-electron chi connectivity index (χ3n) is 2.96. The number of fused-ring (bicyclic) bond motifs is 1. The minimum Gasteiger partial charge on any atom is -0.358 e. The number of aromatic nitrogens is 2. The second-order valence-corrected chi connectivity index (χ2v) is 5.20. The molecule has 7 nitrogen and oxygen atoms in total. The predicted octanol–water partition coefficient (Wildman–Crippen LogP) is 2.87. The Labute approximate surface area is 124 Å². The number of nitrogens with zero attached hydrogens (tertiary/aromatic N) is 4. The molecule has 21 heavy (non-hydrogen) atoms. The molecule has 3 aromatic rings. The van der Waals surface area contributed by atoms with E-state index in [1.165, 1.54) is 20.8 Å². The van der Waals surface area contributed by atoms with Gasteiger partial charge in [0.25, 0.3) is 10.8 Å². The molecule has 0 saturated heterocycles. The van der Waals surface area contributed by atoms with Crippen LogP contribution in [0.2, 0.25) is 0 Å². The maximum atomic E-state index is 11.2. The summed E-state index contributed by atoms with van der Waals surface area (Å²) in [5.74, 6) is 0.101. The fraction of sp³-hybridized carbons (Fsp3) is 0.154. The molecule has 0 atom stereocenters. The van der Waals surface area contributed by atoms with E-state index in [-0.39, 0.29) is 11.6 Å². The molecule has 0 saturated carbocycles. The molecular weight excluding hydrogens is 292 g/mol. The summed E-state index contributed by atoms with van der Waals surface area (Å²) < 4.78 is 1.45. The number of rotatable bonds is 5. The number of thiazole rings is 1. The molecule has 0 radical (unpaired) electrons. The van der Waals surface area contributed by atoms with E-state index in [4.69, 9.17) is 4.84 Å². The average Bonchev–Trinajstić information content (AvgIpc) is 3.05. The number of imidazole rings is 1. The maximum Gasteiger partial charge on any atom is 0.375 e. The first kappa shape index (κ1) is 13.5. The van der Waals surface area contributed by atoms with Crippen LogP contribution in [0.15, 0.2) is 41.9 Å². The first-order chi connectivity index (χ1) is 10.2. The van der Waals surface area contributed by atoms with E-state index in [9.17, 15) is 10.1 Å². The quantitative estimate of drug-likeness (QED) is 0.535. The summed E-state index contributed by atoms with van der Waals surface area (Å²) >= 11 is 1.34. The molecule has 0 N–H and O–H groups in total. The zero-order valence-electron chi connectivity index (χ0n) is 11.2. The summed E-state index contributed by atoms with van der Waals surface area (Å²) in [7, 11) is 1.61. The first-order valence-electron chi connectivity index (χ1n) is 6.17. The molecule has 2 heterocycles. The van der Waals surface area contributed by atoms with Crippen molar-refractivity contribution in [1.29, 1.82) is 0 Å². The van der Waals surface area contributed by atoms with Gasteiger partial charge >= 0.3 is 5.82 Å². The Morgan fingerprint density at radius 1 is 1.43 bits per heavy atom. The van der Waals surface area contributed by atoms with Crippen molar-refractivity contribution in [3.05, 3.63) is 57.6 Å². The summed E-state index contributed by atoms with van der Waals surface area (Å²) in [6.45, 7) is 0.319. The second-order valence-electron chi connectivity index (χ2n) is 4.33. The van der Waals surface area contributed by atoms with E-state index in [1.807, 2.05) is 30.3 Å². The van der Waals surface area contributed by atoms with Crippen LogP contribution in [0.1, 0.15) is 5.56 Å². The normalized spacial score (nSPS) is 10.9. The Morgan fingerprint density at radius 2 is 2.19 bits per heavy atom. The van der Waals surface area contributed by atoms with Crippen molar-refractivity contribution < 1.29 is 9.76 Å². The summed E-state index contributed by atoms with van der Waals surface area (Å²) in [5, 5.41) is 14.3. The minimum atomic E-state index is -0.454. The molecule has 8 heteroatoms. The molecule has 0 bridgehead atoms. The molecule has 0 spiro atoms.